The first-order chi connectivity index (χ1) is 9.01. The predicted molar refractivity (Wildman–Crippen MR) is 74.3 cm³/mol. The van der Waals surface area contributed by atoms with Crippen LogP contribution in [-0.2, 0) is 6.42 Å². The van der Waals surface area contributed by atoms with E-state index in [1.165, 1.54) is 13.0 Å². The van der Waals surface area contributed by atoms with Crippen molar-refractivity contribution in [3.05, 3.63) is 23.3 Å². The predicted octanol–water partition coefficient (Wildman–Crippen LogP) is 2.53. The highest BCUT2D eigenvalue weighted by molar-refractivity contribution is 6.18. The Labute approximate surface area is 118 Å². The fourth-order valence-electron chi connectivity index (χ4n) is 1.76. The number of halogens is 1. The summed E-state index contributed by atoms with van der Waals surface area (Å²) in [6.45, 7) is 3.43. The lowest BCUT2D eigenvalue weighted by Gasteiger charge is -2.16. The number of benzene rings is 1. The number of hydrogen-bond donors (Lipinski definition) is 2. The lowest BCUT2D eigenvalue weighted by Crippen LogP contribution is -2.19. The maximum Gasteiger partial charge on any atom is 0.163 e. The lowest BCUT2D eigenvalue weighted by molar-refractivity contribution is 0.101. The summed E-state index contributed by atoms with van der Waals surface area (Å²) in [7, 11) is 0. The third-order valence-corrected chi connectivity index (χ3v) is 3.08. The molecule has 0 aliphatic rings. The van der Waals surface area contributed by atoms with Gasteiger partial charge in [-0.15, -0.1) is 11.6 Å². The number of phenols is 1. The quantitative estimate of drug-likeness (QED) is 0.597. The van der Waals surface area contributed by atoms with Crippen LogP contribution in [0.4, 0.5) is 0 Å². The Balaban J connectivity index is 3.03. The average molecular weight is 287 g/mol. The van der Waals surface area contributed by atoms with Gasteiger partial charge >= 0.3 is 0 Å². The van der Waals surface area contributed by atoms with Gasteiger partial charge in [0.1, 0.15) is 24.2 Å². The first kappa shape index (κ1) is 15.8. The van der Waals surface area contributed by atoms with E-state index in [0.29, 0.717) is 17.7 Å². The van der Waals surface area contributed by atoms with Crippen LogP contribution in [-0.4, -0.2) is 34.6 Å². The number of alkyl halides is 1. The molecule has 0 aromatic heterocycles. The molecule has 0 amide bonds. The van der Waals surface area contributed by atoms with E-state index in [1.807, 2.05) is 6.92 Å². The number of ketones is 1. The van der Waals surface area contributed by atoms with E-state index in [4.69, 9.17) is 16.3 Å². The van der Waals surface area contributed by atoms with Crippen LogP contribution in [0.2, 0.25) is 0 Å². The van der Waals surface area contributed by atoms with Gasteiger partial charge in [0, 0.05) is 5.56 Å². The zero-order valence-corrected chi connectivity index (χ0v) is 11.9. The lowest BCUT2D eigenvalue weighted by atomic mass is 10.0. The summed E-state index contributed by atoms with van der Waals surface area (Å²) in [5, 5.41) is 19.5. The number of carbonyl (C=O) groups is 1. The summed E-state index contributed by atoms with van der Waals surface area (Å²) in [6, 6.07) is 3.17. The number of hydrogen-bond acceptors (Lipinski definition) is 4. The smallest absolute Gasteiger partial charge is 0.163 e. The SMILES string of the molecule is CCCc1c(OCC(O)CCl)ccc(C(C)=O)c1O. The second-order valence-electron chi connectivity index (χ2n) is 4.36. The molecule has 2 N–H and O–H groups in total. The van der Waals surface area contributed by atoms with Crippen LogP contribution in [0.25, 0.3) is 0 Å². The van der Waals surface area contributed by atoms with Crippen LogP contribution in [0.5, 0.6) is 11.5 Å². The summed E-state index contributed by atoms with van der Waals surface area (Å²) < 4.78 is 5.45. The zero-order valence-electron chi connectivity index (χ0n) is 11.1. The van der Waals surface area contributed by atoms with Crippen molar-refractivity contribution in [2.24, 2.45) is 0 Å². The Kier molecular flexibility index (Phi) is 6.12. The summed E-state index contributed by atoms with van der Waals surface area (Å²) >= 11 is 5.49. The molecule has 0 aliphatic carbocycles. The van der Waals surface area contributed by atoms with Gasteiger partial charge in [-0.3, -0.25) is 4.79 Å². The number of phenolic OH excluding ortho intramolecular Hbond substituents is 1. The van der Waals surface area contributed by atoms with Gasteiger partial charge in [0.25, 0.3) is 0 Å². The van der Waals surface area contributed by atoms with E-state index in [0.717, 1.165) is 6.42 Å². The molecule has 1 unspecified atom stereocenters. The van der Waals surface area contributed by atoms with E-state index in [1.54, 1.807) is 6.07 Å². The molecule has 0 heterocycles. The van der Waals surface area contributed by atoms with E-state index >= 15 is 0 Å². The number of ether oxygens (including phenoxy) is 1. The molecular formula is C14H19ClO4. The summed E-state index contributed by atoms with van der Waals surface area (Å²) in [5.41, 5.74) is 0.880. The summed E-state index contributed by atoms with van der Waals surface area (Å²) in [5.74, 6) is 0.337. The number of aromatic hydroxyl groups is 1. The number of aliphatic hydroxyl groups is 1. The van der Waals surface area contributed by atoms with Crippen LogP contribution in [0.15, 0.2) is 12.1 Å². The largest absolute Gasteiger partial charge is 0.507 e. The van der Waals surface area contributed by atoms with Crippen molar-refractivity contribution >= 4 is 17.4 Å². The third-order valence-electron chi connectivity index (χ3n) is 2.73. The third kappa shape index (κ3) is 4.11. The van der Waals surface area contributed by atoms with Crippen molar-refractivity contribution in [1.29, 1.82) is 0 Å². The Morgan fingerprint density at radius 1 is 1.47 bits per heavy atom. The minimum Gasteiger partial charge on any atom is -0.507 e. The molecule has 1 rings (SSSR count). The Hall–Kier alpha value is -1.26. The van der Waals surface area contributed by atoms with E-state index in [9.17, 15) is 15.0 Å². The van der Waals surface area contributed by atoms with Crippen LogP contribution >= 0.6 is 11.6 Å². The van der Waals surface area contributed by atoms with E-state index in [-0.39, 0.29) is 29.6 Å². The van der Waals surface area contributed by atoms with Gasteiger partial charge in [-0.2, -0.15) is 0 Å². The van der Waals surface area contributed by atoms with Crippen molar-refractivity contribution in [2.75, 3.05) is 12.5 Å². The molecule has 0 radical (unpaired) electrons. The molecule has 5 heteroatoms. The van der Waals surface area contributed by atoms with Crippen molar-refractivity contribution in [1.82, 2.24) is 0 Å². The molecule has 19 heavy (non-hydrogen) atoms. The fraction of sp³-hybridized carbons (Fsp3) is 0.500. The molecule has 0 saturated carbocycles. The Morgan fingerprint density at radius 3 is 2.68 bits per heavy atom. The van der Waals surface area contributed by atoms with Crippen molar-refractivity contribution in [3.63, 3.8) is 0 Å². The van der Waals surface area contributed by atoms with Gasteiger partial charge in [0.2, 0.25) is 0 Å². The molecule has 4 nitrogen and oxygen atoms in total. The average Bonchev–Trinajstić information content (AvgIpc) is 2.38. The van der Waals surface area contributed by atoms with E-state index in [2.05, 4.69) is 0 Å². The molecular weight excluding hydrogens is 268 g/mol. The van der Waals surface area contributed by atoms with E-state index < -0.39 is 6.10 Å². The van der Waals surface area contributed by atoms with Crippen molar-refractivity contribution in [2.45, 2.75) is 32.8 Å². The Bertz CT molecular complexity index is 445. The summed E-state index contributed by atoms with van der Waals surface area (Å²) in [4.78, 5) is 11.4. The number of Topliss-reactive ketones (excluding diaryl/α,β-unsaturated/α-hetero) is 1. The van der Waals surface area contributed by atoms with Gasteiger partial charge in [0.05, 0.1) is 11.4 Å². The summed E-state index contributed by atoms with van der Waals surface area (Å²) in [6.07, 6.45) is 0.647. The maximum atomic E-state index is 11.4. The maximum absolute atomic E-state index is 11.4. The van der Waals surface area contributed by atoms with Crippen molar-refractivity contribution < 1.29 is 19.7 Å². The van der Waals surface area contributed by atoms with Gasteiger partial charge in [-0.05, 0) is 25.5 Å². The number of rotatable bonds is 7. The first-order valence-electron chi connectivity index (χ1n) is 6.23. The second-order valence-corrected chi connectivity index (χ2v) is 4.67. The normalized spacial score (nSPS) is 12.2. The van der Waals surface area contributed by atoms with Gasteiger partial charge in [-0.1, -0.05) is 13.3 Å². The molecule has 0 bridgehead atoms. The first-order valence-corrected chi connectivity index (χ1v) is 6.77. The Morgan fingerprint density at radius 2 is 2.16 bits per heavy atom. The molecule has 0 saturated heterocycles. The van der Waals surface area contributed by atoms with Gasteiger partial charge in [0.15, 0.2) is 5.78 Å². The minimum atomic E-state index is -0.759. The molecule has 1 aromatic rings. The van der Waals surface area contributed by atoms with Crippen LogP contribution < -0.4 is 4.74 Å². The van der Waals surface area contributed by atoms with Crippen LogP contribution in [0.3, 0.4) is 0 Å². The standard InChI is InChI=1S/C14H19ClO4/c1-3-4-12-13(19-8-10(17)7-15)6-5-11(9(2)16)14(12)18/h5-6,10,17-18H,3-4,7-8H2,1-2H3. The molecule has 106 valence electrons. The van der Waals surface area contributed by atoms with Crippen LogP contribution in [0.1, 0.15) is 36.2 Å². The van der Waals surface area contributed by atoms with Gasteiger partial charge in [-0.25, -0.2) is 0 Å². The topological polar surface area (TPSA) is 66.8 Å². The number of aliphatic hydroxyl groups excluding tert-OH is 1. The van der Waals surface area contributed by atoms with Crippen LogP contribution in [0, 0.1) is 0 Å². The minimum absolute atomic E-state index is 0.0350. The molecule has 0 aliphatic heterocycles. The molecule has 0 fully saturated rings. The highest BCUT2D eigenvalue weighted by Crippen LogP contribution is 2.33. The fourth-order valence-corrected chi connectivity index (χ4v) is 1.85. The molecule has 1 aromatic carbocycles. The monoisotopic (exact) mass is 286 g/mol. The zero-order chi connectivity index (χ0) is 14.4. The highest BCUT2D eigenvalue weighted by Gasteiger charge is 2.16. The molecule has 1 atom stereocenters. The molecule has 0 spiro atoms. The van der Waals surface area contributed by atoms with Crippen molar-refractivity contribution in [3.8, 4) is 11.5 Å². The highest BCUT2D eigenvalue weighted by atomic mass is 35.5. The number of carbonyl (C=O) groups excluding carboxylic acids is 1. The van der Waals surface area contributed by atoms with Gasteiger partial charge < -0.3 is 14.9 Å². The second kappa shape index (κ2) is 7.36.